The summed E-state index contributed by atoms with van der Waals surface area (Å²) in [6.07, 6.45) is 0. The number of hydrogen-bond donors (Lipinski definition) is 0. The first-order valence-corrected chi connectivity index (χ1v) is 6.26. The van der Waals surface area contributed by atoms with Gasteiger partial charge >= 0.3 is 0 Å². The summed E-state index contributed by atoms with van der Waals surface area (Å²) in [6.45, 7) is 0.0595. The largest absolute Gasteiger partial charge is 0.309 e. The monoisotopic (exact) mass is 255 g/mol. The highest BCUT2D eigenvalue weighted by Crippen LogP contribution is 2.26. The number of benzene rings is 1. The maximum Gasteiger partial charge on any atom is 0.283 e. The van der Waals surface area contributed by atoms with Crippen molar-refractivity contribution in [2.45, 2.75) is 5.50 Å². The normalized spacial score (nSPS) is 20.2. The lowest BCUT2D eigenvalue weighted by atomic mass is 10.1. The van der Waals surface area contributed by atoms with Gasteiger partial charge in [-0.15, -0.1) is 0 Å². The maximum absolute atomic E-state index is 11.8. The molecule has 1 fully saturated rings. The van der Waals surface area contributed by atoms with Gasteiger partial charge in [0, 0.05) is 11.3 Å². The van der Waals surface area contributed by atoms with Crippen LogP contribution in [0.2, 0.25) is 0 Å². The van der Waals surface area contributed by atoms with Crippen LogP contribution in [0.5, 0.6) is 0 Å². The van der Waals surface area contributed by atoms with E-state index in [2.05, 4.69) is 0 Å². The summed E-state index contributed by atoms with van der Waals surface area (Å²) >= 11 is 7.09. The minimum atomic E-state index is -0.370. The molecule has 0 spiro atoms. The summed E-state index contributed by atoms with van der Waals surface area (Å²) in [7, 11) is 0. The summed E-state index contributed by atoms with van der Waals surface area (Å²) in [5.41, 5.74) is 0.237. The first kappa shape index (κ1) is 11.5. The van der Waals surface area contributed by atoms with Gasteiger partial charge in [-0.3, -0.25) is 9.59 Å². The van der Waals surface area contributed by atoms with E-state index in [-0.39, 0.29) is 23.1 Å². The van der Waals surface area contributed by atoms with Crippen molar-refractivity contribution in [3.8, 4) is 0 Å². The van der Waals surface area contributed by atoms with Gasteiger partial charge in [0.1, 0.15) is 5.50 Å². The van der Waals surface area contributed by atoms with Crippen molar-refractivity contribution < 1.29 is 9.59 Å². The fourth-order valence-corrected chi connectivity index (χ4v) is 2.68. The first-order chi connectivity index (χ1) is 7.68. The molecule has 1 aliphatic rings. The molecular weight excluding hydrogens is 246 g/mol. The molecule has 5 heteroatoms. The van der Waals surface area contributed by atoms with E-state index in [9.17, 15) is 9.59 Å². The van der Waals surface area contributed by atoms with Crippen molar-refractivity contribution in [3.63, 3.8) is 0 Å². The van der Waals surface area contributed by atoms with Gasteiger partial charge < -0.3 is 4.90 Å². The smallest absolute Gasteiger partial charge is 0.283 e. The molecule has 1 saturated heterocycles. The Labute approximate surface area is 103 Å². The van der Waals surface area contributed by atoms with Gasteiger partial charge in [-0.05, 0) is 0 Å². The van der Waals surface area contributed by atoms with Gasteiger partial charge in [0.05, 0.1) is 6.54 Å². The van der Waals surface area contributed by atoms with Crippen molar-refractivity contribution in [1.82, 2.24) is 4.90 Å². The van der Waals surface area contributed by atoms with Gasteiger partial charge in [0.15, 0.2) is 5.78 Å². The second-order valence-corrected chi connectivity index (χ2v) is 4.90. The van der Waals surface area contributed by atoms with E-state index in [0.717, 1.165) is 11.8 Å². The van der Waals surface area contributed by atoms with Crippen molar-refractivity contribution in [2.24, 2.45) is 0 Å². The Morgan fingerprint density at radius 1 is 1.44 bits per heavy atom. The van der Waals surface area contributed by atoms with Crippen LogP contribution in [0.1, 0.15) is 10.4 Å². The lowest BCUT2D eigenvalue weighted by Crippen LogP contribution is -2.34. The summed E-state index contributed by atoms with van der Waals surface area (Å²) in [4.78, 5) is 24.6. The average Bonchev–Trinajstić information content (AvgIpc) is 2.62. The van der Waals surface area contributed by atoms with E-state index in [1.807, 2.05) is 6.07 Å². The quantitative estimate of drug-likeness (QED) is 0.473. The summed E-state index contributed by atoms with van der Waals surface area (Å²) in [6, 6.07) is 8.91. The standard InChI is InChI=1S/C11H10ClNO2S/c12-10-7-16-11(15)13(10)6-9(14)8-4-2-1-3-5-8/h1-5,10H,6-7H2. The fourth-order valence-electron chi connectivity index (χ4n) is 1.46. The van der Waals surface area contributed by atoms with Crippen molar-refractivity contribution >= 4 is 34.4 Å². The minimum absolute atomic E-state index is 0.0595. The van der Waals surface area contributed by atoms with Crippen LogP contribution >= 0.6 is 23.4 Å². The molecule has 0 aliphatic carbocycles. The first-order valence-electron chi connectivity index (χ1n) is 4.84. The molecule has 1 atom stereocenters. The number of halogens is 1. The minimum Gasteiger partial charge on any atom is -0.309 e. The number of ketones is 1. The average molecular weight is 256 g/mol. The second-order valence-electron chi connectivity index (χ2n) is 3.43. The van der Waals surface area contributed by atoms with Crippen LogP contribution in [0.3, 0.4) is 0 Å². The third-order valence-electron chi connectivity index (χ3n) is 2.33. The van der Waals surface area contributed by atoms with E-state index in [1.165, 1.54) is 4.90 Å². The molecule has 0 aromatic heterocycles. The van der Waals surface area contributed by atoms with Crippen LogP contribution in [0, 0.1) is 0 Å². The molecule has 1 aromatic carbocycles. The Bertz CT molecular complexity index is 410. The number of thioether (sulfide) groups is 1. The zero-order chi connectivity index (χ0) is 11.5. The van der Waals surface area contributed by atoms with Crippen molar-refractivity contribution in [2.75, 3.05) is 12.3 Å². The predicted octanol–water partition coefficient (Wildman–Crippen LogP) is 2.60. The van der Waals surface area contributed by atoms with Crippen LogP contribution in [-0.2, 0) is 0 Å². The Kier molecular flexibility index (Phi) is 3.51. The van der Waals surface area contributed by atoms with Crippen LogP contribution in [0.4, 0.5) is 4.79 Å². The topological polar surface area (TPSA) is 37.4 Å². The molecule has 0 saturated carbocycles. The Balaban J connectivity index is 2.05. The Morgan fingerprint density at radius 3 is 2.69 bits per heavy atom. The molecular formula is C11H10ClNO2S. The summed E-state index contributed by atoms with van der Waals surface area (Å²) in [5.74, 6) is 0.463. The second kappa shape index (κ2) is 4.89. The van der Waals surface area contributed by atoms with Crippen LogP contribution in [0.25, 0.3) is 0 Å². The predicted molar refractivity (Wildman–Crippen MR) is 65.0 cm³/mol. The van der Waals surface area contributed by atoms with E-state index in [4.69, 9.17) is 11.6 Å². The molecule has 2 rings (SSSR count). The number of hydrogen-bond acceptors (Lipinski definition) is 3. The van der Waals surface area contributed by atoms with Gasteiger partial charge in [-0.25, -0.2) is 0 Å². The molecule has 0 radical (unpaired) electrons. The molecule has 84 valence electrons. The van der Waals surface area contributed by atoms with E-state index >= 15 is 0 Å². The molecule has 16 heavy (non-hydrogen) atoms. The Morgan fingerprint density at radius 2 is 2.12 bits per heavy atom. The summed E-state index contributed by atoms with van der Waals surface area (Å²) in [5, 5.41) is -0.121. The number of amides is 1. The zero-order valence-corrected chi connectivity index (χ0v) is 10.0. The number of rotatable bonds is 3. The molecule has 0 N–H and O–H groups in total. The highest BCUT2D eigenvalue weighted by Gasteiger charge is 2.31. The molecule has 0 bridgehead atoms. The van der Waals surface area contributed by atoms with E-state index in [0.29, 0.717) is 11.3 Å². The number of Topliss-reactive ketones (excluding diaryl/α,β-unsaturated/α-hetero) is 1. The highest BCUT2D eigenvalue weighted by molar-refractivity contribution is 8.14. The number of nitrogens with zero attached hydrogens (tertiary/aromatic N) is 1. The van der Waals surface area contributed by atoms with Crippen molar-refractivity contribution in [1.29, 1.82) is 0 Å². The van der Waals surface area contributed by atoms with Gasteiger partial charge in [-0.1, -0.05) is 53.7 Å². The molecule has 1 unspecified atom stereocenters. The molecule has 1 aromatic rings. The van der Waals surface area contributed by atoms with Gasteiger partial charge in [-0.2, -0.15) is 0 Å². The fraction of sp³-hybridized carbons (Fsp3) is 0.273. The Hall–Kier alpha value is -1.00. The SMILES string of the molecule is O=C(CN1C(=O)SCC1Cl)c1ccccc1. The van der Waals surface area contributed by atoms with Gasteiger partial charge in [0.25, 0.3) is 5.24 Å². The summed E-state index contributed by atoms with van der Waals surface area (Å²) < 4.78 is 0. The molecule has 1 aliphatic heterocycles. The molecule has 1 amide bonds. The third-order valence-corrected chi connectivity index (χ3v) is 3.86. The maximum atomic E-state index is 11.8. The van der Waals surface area contributed by atoms with Crippen LogP contribution in [-0.4, -0.2) is 33.7 Å². The van der Waals surface area contributed by atoms with Crippen molar-refractivity contribution in [3.05, 3.63) is 35.9 Å². The van der Waals surface area contributed by atoms with Crippen LogP contribution < -0.4 is 0 Å². The zero-order valence-electron chi connectivity index (χ0n) is 8.43. The lowest BCUT2D eigenvalue weighted by molar-refractivity contribution is 0.0951. The number of carbonyl (C=O) groups excluding carboxylic acids is 2. The lowest BCUT2D eigenvalue weighted by Gasteiger charge is -2.17. The molecule has 3 nitrogen and oxygen atoms in total. The number of alkyl halides is 1. The molecule has 1 heterocycles. The van der Waals surface area contributed by atoms with E-state index < -0.39 is 0 Å². The van der Waals surface area contributed by atoms with Crippen LogP contribution in [0.15, 0.2) is 30.3 Å². The number of carbonyl (C=O) groups is 2. The van der Waals surface area contributed by atoms with E-state index in [1.54, 1.807) is 24.3 Å². The third kappa shape index (κ3) is 2.39. The highest BCUT2D eigenvalue weighted by atomic mass is 35.5. The van der Waals surface area contributed by atoms with Gasteiger partial charge in [0.2, 0.25) is 0 Å².